The number of rotatable bonds is 6. The smallest absolute Gasteiger partial charge is 0.000730 e. The Hall–Kier alpha value is -8.32. The van der Waals surface area contributed by atoms with E-state index in [1.165, 1.54) is 202 Å². The van der Waals surface area contributed by atoms with Crippen molar-refractivity contribution >= 4 is 108 Å². The molecule has 15 aromatic carbocycles. The minimum absolute atomic E-state index is 0.951. The van der Waals surface area contributed by atoms with Crippen LogP contribution >= 0.6 is 0 Å². The zero-order chi connectivity index (χ0) is 49.6. The van der Waals surface area contributed by atoms with Crippen LogP contribution in [0, 0.1) is 27.7 Å². The SMILES string of the molecule is CCc1ccc(-c2ccc3c4ccc5c6c(CC)c7c8ccc9c%10c(ccc(c7c(CC)c6c6ccc(c7cccc2c73)c4c65)c%108)-c2c-9c(-c3ccc(C)cc3C)c3ccccc3c2-c2ccc(C)cc2C)cc1. The van der Waals surface area contributed by atoms with Crippen molar-refractivity contribution in [3.8, 4) is 55.6 Å². The van der Waals surface area contributed by atoms with Gasteiger partial charge in [-0.2, -0.15) is 0 Å². The van der Waals surface area contributed by atoms with Gasteiger partial charge in [0.15, 0.2) is 0 Å². The van der Waals surface area contributed by atoms with Gasteiger partial charge in [-0.15, -0.1) is 0 Å². The van der Waals surface area contributed by atoms with Crippen LogP contribution in [0.2, 0.25) is 0 Å². The molecule has 15 aromatic rings. The highest BCUT2D eigenvalue weighted by Crippen LogP contribution is 2.62. The van der Waals surface area contributed by atoms with E-state index in [1.54, 1.807) is 0 Å². The monoisotopic (exact) mass is 942 g/mol. The summed E-state index contributed by atoms with van der Waals surface area (Å²) in [6, 6.07) is 64.3. The highest BCUT2D eigenvalue weighted by Gasteiger charge is 2.34. The highest BCUT2D eigenvalue weighted by atomic mass is 14.4. The molecule has 16 rings (SSSR count). The molecule has 0 amide bonds. The first-order valence-electron chi connectivity index (χ1n) is 27.1. The molecule has 0 fully saturated rings. The largest absolute Gasteiger partial charge is 0.0616 e. The average Bonchev–Trinajstić information content (AvgIpc) is 4.09. The summed E-state index contributed by atoms with van der Waals surface area (Å²) in [4.78, 5) is 0. The molecule has 0 N–H and O–H groups in total. The van der Waals surface area contributed by atoms with E-state index in [4.69, 9.17) is 0 Å². The molecule has 0 heteroatoms. The molecule has 350 valence electrons. The van der Waals surface area contributed by atoms with Gasteiger partial charge in [0.05, 0.1) is 0 Å². The Morgan fingerprint density at radius 1 is 0.257 bits per heavy atom. The first kappa shape index (κ1) is 42.2. The Morgan fingerprint density at radius 3 is 1.15 bits per heavy atom. The van der Waals surface area contributed by atoms with E-state index in [2.05, 4.69) is 212 Å². The van der Waals surface area contributed by atoms with Crippen molar-refractivity contribution in [3.05, 3.63) is 203 Å². The molecule has 0 spiro atoms. The van der Waals surface area contributed by atoms with E-state index in [0.717, 1.165) is 19.3 Å². The molecule has 0 saturated carbocycles. The fourth-order valence-corrected chi connectivity index (χ4v) is 15.2. The van der Waals surface area contributed by atoms with Crippen molar-refractivity contribution in [2.75, 3.05) is 0 Å². The number of aryl methyl sites for hydroxylation is 7. The molecule has 0 atom stereocenters. The van der Waals surface area contributed by atoms with Gasteiger partial charge < -0.3 is 0 Å². The zero-order valence-corrected chi connectivity index (χ0v) is 43.2. The van der Waals surface area contributed by atoms with Crippen molar-refractivity contribution < 1.29 is 0 Å². The predicted octanol–water partition coefficient (Wildman–Crippen LogP) is 21.1. The number of benzene rings is 13. The van der Waals surface area contributed by atoms with Gasteiger partial charge in [0.1, 0.15) is 0 Å². The van der Waals surface area contributed by atoms with Gasteiger partial charge >= 0.3 is 0 Å². The Morgan fingerprint density at radius 2 is 0.649 bits per heavy atom. The molecule has 0 aromatic heterocycles. The van der Waals surface area contributed by atoms with Gasteiger partial charge in [0, 0.05) is 0 Å². The molecule has 0 radical (unpaired) electrons. The van der Waals surface area contributed by atoms with Gasteiger partial charge in [0.25, 0.3) is 0 Å². The third-order valence-electron chi connectivity index (χ3n) is 18.2. The fourth-order valence-electron chi connectivity index (χ4n) is 15.2. The van der Waals surface area contributed by atoms with Crippen LogP contribution in [0.25, 0.3) is 163 Å². The van der Waals surface area contributed by atoms with Gasteiger partial charge in [-0.1, -0.05) is 196 Å². The lowest BCUT2D eigenvalue weighted by molar-refractivity contribution is 1.14. The maximum absolute atomic E-state index is 2.52. The van der Waals surface area contributed by atoms with E-state index < -0.39 is 0 Å². The number of hydrogen-bond acceptors (Lipinski definition) is 0. The molecule has 0 nitrogen and oxygen atoms in total. The number of fused-ring (bicyclic) bond motifs is 12. The van der Waals surface area contributed by atoms with Crippen LogP contribution in [0.5, 0.6) is 0 Å². The van der Waals surface area contributed by atoms with Crippen LogP contribution in [0.3, 0.4) is 0 Å². The molecule has 0 aliphatic heterocycles. The standard InChI is InChI=1S/C74H54/c1-8-42-20-22-43(23-21-42)48-26-27-53-55-29-31-57-64-45(10-3)66-59-33-35-61-72-60(34-32-58(71(59)72)65(66)44(9-2)63(64)56-30-28-54(69(55)70(56)57)50-17-13-16-49(48)62(50)53)73-67(46-24-18-38(4)36-40(46)6)51-14-11-12-15-52(51)68(74(61)73)47-25-19-39(5)37-41(47)7/h11-37H,8-10H2,1-7H3. The van der Waals surface area contributed by atoms with Gasteiger partial charge in [-0.25, -0.2) is 0 Å². The van der Waals surface area contributed by atoms with E-state index in [1.807, 2.05) is 0 Å². The Labute approximate surface area is 431 Å². The maximum atomic E-state index is 2.52. The van der Waals surface area contributed by atoms with Gasteiger partial charge in [-0.3, -0.25) is 0 Å². The third kappa shape index (κ3) is 5.18. The lowest BCUT2D eigenvalue weighted by Gasteiger charge is -2.22. The van der Waals surface area contributed by atoms with Crippen LogP contribution in [-0.2, 0) is 19.3 Å². The number of hydrogen-bond donors (Lipinski definition) is 0. The van der Waals surface area contributed by atoms with Crippen molar-refractivity contribution in [1.82, 2.24) is 0 Å². The summed E-state index contributed by atoms with van der Waals surface area (Å²) >= 11 is 0. The van der Waals surface area contributed by atoms with E-state index in [0.29, 0.717) is 0 Å². The molecule has 1 aliphatic rings. The average molecular weight is 943 g/mol. The first-order chi connectivity index (χ1) is 36.3. The molecular formula is C74H54. The normalized spacial score (nSPS) is 12.7. The second-order valence-electron chi connectivity index (χ2n) is 21.9. The van der Waals surface area contributed by atoms with Crippen LogP contribution < -0.4 is 0 Å². The maximum Gasteiger partial charge on any atom is -0.000730 e. The van der Waals surface area contributed by atoms with E-state index in [9.17, 15) is 0 Å². The van der Waals surface area contributed by atoms with Crippen LogP contribution in [0.15, 0.2) is 164 Å². The molecule has 1 aliphatic carbocycles. The Kier molecular flexibility index (Phi) is 8.50. The minimum Gasteiger partial charge on any atom is -0.0616 e. The van der Waals surface area contributed by atoms with Crippen LogP contribution in [-0.4, -0.2) is 0 Å². The lowest BCUT2D eigenvalue weighted by atomic mass is 9.80. The molecule has 0 unspecified atom stereocenters. The van der Waals surface area contributed by atoms with Crippen molar-refractivity contribution in [1.29, 1.82) is 0 Å². The zero-order valence-electron chi connectivity index (χ0n) is 43.2. The lowest BCUT2D eigenvalue weighted by Crippen LogP contribution is -1.96. The highest BCUT2D eigenvalue weighted by molar-refractivity contribution is 6.47. The summed E-state index contributed by atoms with van der Waals surface area (Å²) in [5.41, 5.74) is 23.0. The summed E-state index contributed by atoms with van der Waals surface area (Å²) < 4.78 is 0. The van der Waals surface area contributed by atoms with Crippen molar-refractivity contribution in [2.45, 2.75) is 67.7 Å². The topological polar surface area (TPSA) is 0 Å². The van der Waals surface area contributed by atoms with E-state index >= 15 is 0 Å². The summed E-state index contributed by atoms with van der Waals surface area (Å²) in [5.74, 6) is 0. The van der Waals surface area contributed by atoms with Crippen LogP contribution in [0.1, 0.15) is 59.7 Å². The molecular weight excluding hydrogens is 889 g/mol. The minimum atomic E-state index is 0.951. The quantitative estimate of drug-likeness (QED) is 0.115. The van der Waals surface area contributed by atoms with Crippen molar-refractivity contribution in [2.24, 2.45) is 0 Å². The van der Waals surface area contributed by atoms with Gasteiger partial charge in [0.2, 0.25) is 0 Å². The summed E-state index contributed by atoms with van der Waals surface area (Å²) in [6.07, 6.45) is 2.95. The molecule has 0 bridgehead atoms. The summed E-state index contributed by atoms with van der Waals surface area (Å²) in [6.45, 7) is 16.1. The van der Waals surface area contributed by atoms with Crippen LogP contribution in [0.4, 0.5) is 0 Å². The molecule has 0 heterocycles. The summed E-state index contributed by atoms with van der Waals surface area (Å²) in [5, 5.41) is 27.8. The Bertz CT molecular complexity index is 4720. The second-order valence-corrected chi connectivity index (χ2v) is 21.9. The van der Waals surface area contributed by atoms with E-state index in [-0.39, 0.29) is 0 Å². The second kappa shape index (κ2) is 14.9. The summed E-state index contributed by atoms with van der Waals surface area (Å²) in [7, 11) is 0. The molecule has 74 heavy (non-hydrogen) atoms. The van der Waals surface area contributed by atoms with Crippen molar-refractivity contribution in [3.63, 3.8) is 0 Å². The Balaban J connectivity index is 1.02. The molecule has 0 saturated heterocycles. The first-order valence-corrected chi connectivity index (χ1v) is 27.1. The fraction of sp³-hybridized carbons (Fsp3) is 0.135. The van der Waals surface area contributed by atoms with Gasteiger partial charge in [-0.05, 0) is 238 Å². The predicted molar refractivity (Wildman–Crippen MR) is 323 cm³/mol. The third-order valence-corrected chi connectivity index (χ3v) is 18.2.